The molecule has 0 aliphatic heterocycles. The predicted octanol–water partition coefficient (Wildman–Crippen LogP) is 2.65. The molecule has 0 spiro atoms. The van der Waals surface area contributed by atoms with E-state index in [2.05, 4.69) is 24.5 Å². The number of amides is 1. The first-order valence-electron chi connectivity index (χ1n) is 6.36. The van der Waals surface area contributed by atoms with Gasteiger partial charge in [0.15, 0.2) is 0 Å². The van der Waals surface area contributed by atoms with Crippen LogP contribution < -0.4 is 10.6 Å². The molecule has 0 radical (unpaired) electrons. The van der Waals surface area contributed by atoms with Crippen molar-refractivity contribution >= 4 is 11.6 Å². The Morgan fingerprint density at radius 2 is 2.12 bits per heavy atom. The lowest BCUT2D eigenvalue weighted by Gasteiger charge is -2.11. The van der Waals surface area contributed by atoms with Gasteiger partial charge in [-0.3, -0.25) is 4.79 Å². The summed E-state index contributed by atoms with van der Waals surface area (Å²) in [5, 5.41) is 6.35. The van der Waals surface area contributed by atoms with Crippen LogP contribution in [0, 0.1) is 5.92 Å². The average Bonchev–Trinajstić information content (AvgIpc) is 3.02. The second kappa shape index (κ2) is 5.21. The molecule has 0 bridgehead atoms. The highest BCUT2D eigenvalue weighted by molar-refractivity contribution is 5.99. The van der Waals surface area contributed by atoms with Crippen LogP contribution in [-0.2, 0) is 0 Å². The summed E-state index contributed by atoms with van der Waals surface area (Å²) in [5.41, 5.74) is 1.68. The second-order valence-corrected chi connectivity index (χ2v) is 4.77. The van der Waals surface area contributed by atoms with Crippen molar-refractivity contribution in [1.82, 2.24) is 5.32 Å². The molecule has 2 rings (SSSR count). The molecule has 1 aromatic carbocycles. The minimum atomic E-state index is 0.0403. The van der Waals surface area contributed by atoms with Crippen molar-refractivity contribution in [2.75, 3.05) is 11.9 Å². The molecule has 1 aliphatic carbocycles. The van der Waals surface area contributed by atoms with Gasteiger partial charge in [-0.05, 0) is 30.9 Å². The lowest BCUT2D eigenvalue weighted by Crippen LogP contribution is -2.27. The van der Waals surface area contributed by atoms with Crippen LogP contribution >= 0.6 is 0 Å². The van der Waals surface area contributed by atoms with Crippen molar-refractivity contribution < 1.29 is 4.79 Å². The van der Waals surface area contributed by atoms with E-state index in [0.29, 0.717) is 12.0 Å². The molecule has 1 saturated carbocycles. The monoisotopic (exact) mass is 232 g/mol. The Balaban J connectivity index is 2.04. The van der Waals surface area contributed by atoms with E-state index in [4.69, 9.17) is 0 Å². The molecule has 2 unspecified atom stereocenters. The fourth-order valence-electron chi connectivity index (χ4n) is 1.86. The van der Waals surface area contributed by atoms with E-state index in [1.807, 2.05) is 24.3 Å². The SMILES string of the molecule is CCCNc1ccccc1C(=O)NC1CC1C. The fourth-order valence-corrected chi connectivity index (χ4v) is 1.86. The van der Waals surface area contributed by atoms with E-state index in [0.717, 1.165) is 30.6 Å². The van der Waals surface area contributed by atoms with E-state index in [9.17, 15) is 4.79 Å². The molecule has 0 heterocycles. The maximum absolute atomic E-state index is 12.1. The summed E-state index contributed by atoms with van der Waals surface area (Å²) in [4.78, 5) is 12.1. The van der Waals surface area contributed by atoms with Gasteiger partial charge in [-0.2, -0.15) is 0 Å². The van der Waals surface area contributed by atoms with E-state index in [1.54, 1.807) is 0 Å². The van der Waals surface area contributed by atoms with Crippen LogP contribution in [0.4, 0.5) is 5.69 Å². The highest BCUT2D eigenvalue weighted by atomic mass is 16.1. The number of rotatable bonds is 5. The van der Waals surface area contributed by atoms with Gasteiger partial charge in [0.25, 0.3) is 5.91 Å². The topological polar surface area (TPSA) is 41.1 Å². The standard InChI is InChI=1S/C14H20N2O/c1-3-8-15-12-7-5-4-6-11(12)14(17)16-13-9-10(13)2/h4-7,10,13,15H,3,8-9H2,1-2H3,(H,16,17). The molecule has 1 aromatic rings. The van der Waals surface area contributed by atoms with Gasteiger partial charge in [0, 0.05) is 18.3 Å². The van der Waals surface area contributed by atoms with Gasteiger partial charge in [0.2, 0.25) is 0 Å². The molecule has 2 atom stereocenters. The first-order chi connectivity index (χ1) is 8.22. The van der Waals surface area contributed by atoms with Crippen molar-refractivity contribution in [3.63, 3.8) is 0 Å². The van der Waals surface area contributed by atoms with Crippen molar-refractivity contribution in [1.29, 1.82) is 0 Å². The van der Waals surface area contributed by atoms with Gasteiger partial charge in [0.05, 0.1) is 5.56 Å². The molecular weight excluding hydrogens is 212 g/mol. The summed E-state index contributed by atoms with van der Waals surface area (Å²) in [7, 11) is 0. The smallest absolute Gasteiger partial charge is 0.253 e. The molecule has 17 heavy (non-hydrogen) atoms. The fraction of sp³-hybridized carbons (Fsp3) is 0.500. The van der Waals surface area contributed by atoms with E-state index < -0.39 is 0 Å². The molecular formula is C14H20N2O. The van der Waals surface area contributed by atoms with Gasteiger partial charge in [0.1, 0.15) is 0 Å². The van der Waals surface area contributed by atoms with Gasteiger partial charge >= 0.3 is 0 Å². The Bertz CT molecular complexity index is 403. The van der Waals surface area contributed by atoms with Crippen LogP contribution in [0.1, 0.15) is 37.0 Å². The van der Waals surface area contributed by atoms with Crippen LogP contribution in [0.15, 0.2) is 24.3 Å². The normalized spacial score (nSPS) is 22.0. The van der Waals surface area contributed by atoms with Crippen molar-refractivity contribution in [2.24, 2.45) is 5.92 Å². The van der Waals surface area contributed by atoms with Crippen LogP contribution in [0.5, 0.6) is 0 Å². The van der Waals surface area contributed by atoms with Gasteiger partial charge in [-0.1, -0.05) is 26.0 Å². The summed E-state index contributed by atoms with van der Waals surface area (Å²) in [6.45, 7) is 5.16. The molecule has 1 fully saturated rings. The minimum Gasteiger partial charge on any atom is -0.384 e. The summed E-state index contributed by atoms with van der Waals surface area (Å²) >= 11 is 0. The van der Waals surface area contributed by atoms with E-state index in [1.165, 1.54) is 0 Å². The Morgan fingerprint density at radius 3 is 2.76 bits per heavy atom. The van der Waals surface area contributed by atoms with Gasteiger partial charge in [-0.25, -0.2) is 0 Å². The van der Waals surface area contributed by atoms with Crippen molar-refractivity contribution in [2.45, 2.75) is 32.7 Å². The number of anilines is 1. The molecule has 0 aromatic heterocycles. The average molecular weight is 232 g/mol. The van der Waals surface area contributed by atoms with Crippen LogP contribution in [-0.4, -0.2) is 18.5 Å². The third kappa shape index (κ3) is 2.99. The number of carbonyl (C=O) groups excluding carboxylic acids is 1. The zero-order chi connectivity index (χ0) is 12.3. The third-order valence-electron chi connectivity index (χ3n) is 3.16. The summed E-state index contributed by atoms with van der Waals surface area (Å²) in [6, 6.07) is 8.07. The number of carbonyl (C=O) groups is 1. The zero-order valence-electron chi connectivity index (χ0n) is 10.5. The summed E-state index contributed by atoms with van der Waals surface area (Å²) in [6.07, 6.45) is 2.16. The summed E-state index contributed by atoms with van der Waals surface area (Å²) < 4.78 is 0. The number of nitrogens with one attached hydrogen (secondary N) is 2. The van der Waals surface area contributed by atoms with Crippen LogP contribution in [0.25, 0.3) is 0 Å². The Labute approximate surface area is 103 Å². The van der Waals surface area contributed by atoms with Gasteiger partial charge < -0.3 is 10.6 Å². The minimum absolute atomic E-state index is 0.0403. The molecule has 1 amide bonds. The molecule has 2 N–H and O–H groups in total. The van der Waals surface area contributed by atoms with E-state index >= 15 is 0 Å². The van der Waals surface area contributed by atoms with Crippen molar-refractivity contribution in [3.8, 4) is 0 Å². The van der Waals surface area contributed by atoms with E-state index in [-0.39, 0.29) is 5.91 Å². The maximum atomic E-state index is 12.1. The second-order valence-electron chi connectivity index (χ2n) is 4.77. The Kier molecular flexibility index (Phi) is 3.67. The third-order valence-corrected chi connectivity index (χ3v) is 3.16. The lowest BCUT2D eigenvalue weighted by atomic mass is 10.1. The Hall–Kier alpha value is -1.51. The van der Waals surface area contributed by atoms with Crippen LogP contribution in [0.3, 0.4) is 0 Å². The van der Waals surface area contributed by atoms with Crippen molar-refractivity contribution in [3.05, 3.63) is 29.8 Å². The lowest BCUT2D eigenvalue weighted by molar-refractivity contribution is 0.0950. The summed E-state index contributed by atoms with van der Waals surface area (Å²) in [5.74, 6) is 0.674. The highest BCUT2D eigenvalue weighted by Crippen LogP contribution is 2.29. The predicted molar refractivity (Wildman–Crippen MR) is 70.3 cm³/mol. The molecule has 3 nitrogen and oxygen atoms in total. The number of benzene rings is 1. The van der Waals surface area contributed by atoms with Gasteiger partial charge in [-0.15, -0.1) is 0 Å². The number of para-hydroxylation sites is 1. The Morgan fingerprint density at radius 1 is 1.41 bits per heavy atom. The molecule has 92 valence electrons. The number of hydrogen-bond donors (Lipinski definition) is 2. The largest absolute Gasteiger partial charge is 0.384 e. The first kappa shape index (κ1) is 12.0. The van der Waals surface area contributed by atoms with Crippen LogP contribution in [0.2, 0.25) is 0 Å². The number of hydrogen-bond acceptors (Lipinski definition) is 2. The molecule has 3 heteroatoms. The zero-order valence-corrected chi connectivity index (χ0v) is 10.5. The maximum Gasteiger partial charge on any atom is 0.253 e. The highest BCUT2D eigenvalue weighted by Gasteiger charge is 2.34. The molecule has 0 saturated heterocycles. The molecule has 1 aliphatic rings. The quantitative estimate of drug-likeness (QED) is 0.819. The first-order valence-corrected chi connectivity index (χ1v) is 6.36.